The van der Waals surface area contributed by atoms with Crippen LogP contribution >= 0.6 is 0 Å². The summed E-state index contributed by atoms with van der Waals surface area (Å²) in [5, 5.41) is 0. The molecule has 1 aliphatic rings. The second-order valence-corrected chi connectivity index (χ2v) is 4.75. The van der Waals surface area contributed by atoms with Crippen molar-refractivity contribution < 1.29 is 18.9 Å². The summed E-state index contributed by atoms with van der Waals surface area (Å²) < 4.78 is 21.6. The summed E-state index contributed by atoms with van der Waals surface area (Å²) >= 11 is 0. The van der Waals surface area contributed by atoms with E-state index >= 15 is 0 Å². The van der Waals surface area contributed by atoms with E-state index in [9.17, 15) is 0 Å². The molecule has 0 N–H and O–H groups in total. The van der Waals surface area contributed by atoms with Crippen molar-refractivity contribution in [2.45, 2.75) is 6.61 Å². The smallest absolute Gasteiger partial charge is 0.123 e. The van der Waals surface area contributed by atoms with E-state index in [1.54, 1.807) is 14.2 Å². The second kappa shape index (κ2) is 8.09. The monoisotopic (exact) mass is 281 g/mol. The summed E-state index contributed by atoms with van der Waals surface area (Å²) in [5.74, 6) is 1.62. The Balaban J connectivity index is 1.85. The minimum absolute atomic E-state index is 0.553. The van der Waals surface area contributed by atoms with E-state index in [0.717, 1.165) is 49.9 Å². The van der Waals surface area contributed by atoms with Crippen LogP contribution in [0.25, 0.3) is 0 Å². The van der Waals surface area contributed by atoms with Gasteiger partial charge in [0.15, 0.2) is 0 Å². The summed E-state index contributed by atoms with van der Waals surface area (Å²) in [5.41, 5.74) is 1.05. The molecule has 0 unspecified atom stereocenters. The molecule has 5 nitrogen and oxygen atoms in total. The lowest BCUT2D eigenvalue weighted by atomic mass is 10.2. The van der Waals surface area contributed by atoms with Crippen molar-refractivity contribution in [2.75, 3.05) is 53.7 Å². The highest BCUT2D eigenvalue weighted by Gasteiger charge is 2.10. The normalized spacial score (nSPS) is 16.1. The number of methoxy groups -OCH3 is 2. The fraction of sp³-hybridized carbons (Fsp3) is 0.600. The van der Waals surface area contributed by atoms with Gasteiger partial charge in [-0.15, -0.1) is 0 Å². The van der Waals surface area contributed by atoms with Gasteiger partial charge < -0.3 is 18.9 Å². The van der Waals surface area contributed by atoms with Crippen LogP contribution in [-0.2, 0) is 16.1 Å². The fourth-order valence-corrected chi connectivity index (χ4v) is 2.20. The van der Waals surface area contributed by atoms with Gasteiger partial charge in [-0.2, -0.15) is 0 Å². The van der Waals surface area contributed by atoms with Crippen molar-refractivity contribution >= 4 is 0 Å². The number of ether oxygens (including phenoxy) is 4. The number of rotatable bonds is 7. The van der Waals surface area contributed by atoms with Gasteiger partial charge in [0, 0.05) is 32.8 Å². The molecule has 1 aliphatic heterocycles. The number of nitrogens with zero attached hydrogens (tertiary/aromatic N) is 1. The largest absolute Gasteiger partial charge is 0.497 e. The first kappa shape index (κ1) is 15.1. The highest BCUT2D eigenvalue weighted by molar-refractivity contribution is 5.38. The number of hydrogen-bond acceptors (Lipinski definition) is 5. The molecule has 1 aromatic carbocycles. The molecule has 0 aromatic heterocycles. The van der Waals surface area contributed by atoms with Gasteiger partial charge >= 0.3 is 0 Å². The average molecular weight is 281 g/mol. The average Bonchev–Trinajstić information content (AvgIpc) is 2.48. The molecular formula is C15H23NO4. The van der Waals surface area contributed by atoms with Gasteiger partial charge in [0.25, 0.3) is 0 Å². The molecule has 20 heavy (non-hydrogen) atoms. The van der Waals surface area contributed by atoms with Gasteiger partial charge in [-0.05, 0) is 17.7 Å². The predicted molar refractivity (Wildman–Crippen MR) is 76.5 cm³/mol. The summed E-state index contributed by atoms with van der Waals surface area (Å²) in [6, 6.07) is 5.85. The van der Waals surface area contributed by atoms with E-state index < -0.39 is 0 Å². The third-order valence-corrected chi connectivity index (χ3v) is 3.27. The molecule has 0 atom stereocenters. The van der Waals surface area contributed by atoms with Gasteiger partial charge in [-0.3, -0.25) is 4.90 Å². The van der Waals surface area contributed by atoms with E-state index in [-0.39, 0.29) is 0 Å². The van der Waals surface area contributed by atoms with Gasteiger partial charge in [-0.25, -0.2) is 0 Å². The molecule has 5 heteroatoms. The first-order chi connectivity index (χ1) is 9.81. The van der Waals surface area contributed by atoms with Crippen LogP contribution in [0.15, 0.2) is 18.2 Å². The summed E-state index contributed by atoms with van der Waals surface area (Å²) in [6.07, 6.45) is 0. The molecule has 0 aliphatic carbocycles. The van der Waals surface area contributed by atoms with Crippen LogP contribution in [-0.4, -0.2) is 58.6 Å². The van der Waals surface area contributed by atoms with Crippen molar-refractivity contribution in [2.24, 2.45) is 0 Å². The van der Waals surface area contributed by atoms with Gasteiger partial charge in [0.2, 0.25) is 0 Å². The molecule has 1 heterocycles. The third kappa shape index (κ3) is 4.67. The van der Waals surface area contributed by atoms with Crippen molar-refractivity contribution in [1.82, 2.24) is 4.90 Å². The maximum absolute atomic E-state index is 5.82. The Morgan fingerprint density at radius 3 is 2.55 bits per heavy atom. The lowest BCUT2D eigenvalue weighted by molar-refractivity contribution is 0.0322. The van der Waals surface area contributed by atoms with Gasteiger partial charge in [-0.1, -0.05) is 0 Å². The molecule has 2 rings (SSSR count). The molecule has 0 spiro atoms. The predicted octanol–water partition coefficient (Wildman–Crippen LogP) is 1.55. The molecule has 0 saturated carbocycles. The second-order valence-electron chi connectivity index (χ2n) is 4.75. The Kier molecular flexibility index (Phi) is 6.11. The van der Waals surface area contributed by atoms with Crippen LogP contribution in [0.1, 0.15) is 5.56 Å². The van der Waals surface area contributed by atoms with E-state index in [1.807, 2.05) is 18.2 Å². The fourth-order valence-electron chi connectivity index (χ4n) is 2.20. The van der Waals surface area contributed by atoms with E-state index in [4.69, 9.17) is 18.9 Å². The quantitative estimate of drug-likeness (QED) is 0.758. The Morgan fingerprint density at radius 1 is 1.10 bits per heavy atom. The lowest BCUT2D eigenvalue weighted by Crippen LogP contribution is -2.38. The van der Waals surface area contributed by atoms with Crippen LogP contribution in [0.5, 0.6) is 11.5 Å². The standard InChI is InChI=1S/C15H23NO4/c1-17-12-13-9-14(18-2)11-15(10-13)20-8-5-16-3-6-19-7-4-16/h9-11H,3-8,12H2,1-2H3. The third-order valence-electron chi connectivity index (χ3n) is 3.27. The maximum atomic E-state index is 5.82. The van der Waals surface area contributed by atoms with Crippen LogP contribution in [0.4, 0.5) is 0 Å². The Labute approximate surface area is 120 Å². The molecule has 1 saturated heterocycles. The number of benzene rings is 1. The van der Waals surface area contributed by atoms with Crippen LogP contribution in [0.3, 0.4) is 0 Å². The number of hydrogen-bond donors (Lipinski definition) is 0. The van der Waals surface area contributed by atoms with Crippen molar-refractivity contribution in [3.05, 3.63) is 23.8 Å². The summed E-state index contributed by atoms with van der Waals surface area (Å²) in [6.45, 7) is 5.73. The first-order valence-electron chi connectivity index (χ1n) is 6.91. The van der Waals surface area contributed by atoms with Crippen molar-refractivity contribution in [3.63, 3.8) is 0 Å². The Morgan fingerprint density at radius 2 is 1.85 bits per heavy atom. The van der Waals surface area contributed by atoms with E-state index in [1.165, 1.54) is 0 Å². The summed E-state index contributed by atoms with van der Waals surface area (Å²) in [4.78, 5) is 2.35. The Bertz CT molecular complexity index is 405. The van der Waals surface area contributed by atoms with E-state index in [2.05, 4.69) is 4.90 Å². The van der Waals surface area contributed by atoms with E-state index in [0.29, 0.717) is 13.2 Å². The SMILES string of the molecule is COCc1cc(OC)cc(OCCN2CCOCC2)c1. The first-order valence-corrected chi connectivity index (χ1v) is 6.91. The zero-order chi connectivity index (χ0) is 14.2. The summed E-state index contributed by atoms with van der Waals surface area (Å²) in [7, 11) is 3.34. The molecule has 1 aromatic rings. The minimum Gasteiger partial charge on any atom is -0.497 e. The molecule has 1 fully saturated rings. The minimum atomic E-state index is 0.553. The van der Waals surface area contributed by atoms with Gasteiger partial charge in [0.05, 0.1) is 26.9 Å². The van der Waals surface area contributed by atoms with Crippen molar-refractivity contribution in [3.8, 4) is 11.5 Å². The zero-order valence-electron chi connectivity index (χ0n) is 12.3. The topological polar surface area (TPSA) is 40.2 Å². The highest BCUT2D eigenvalue weighted by atomic mass is 16.5. The molecule has 0 bridgehead atoms. The van der Waals surface area contributed by atoms with Crippen molar-refractivity contribution in [1.29, 1.82) is 0 Å². The highest BCUT2D eigenvalue weighted by Crippen LogP contribution is 2.23. The van der Waals surface area contributed by atoms with Crippen LogP contribution < -0.4 is 9.47 Å². The number of morpholine rings is 1. The maximum Gasteiger partial charge on any atom is 0.123 e. The zero-order valence-corrected chi connectivity index (χ0v) is 12.3. The molecule has 112 valence electrons. The lowest BCUT2D eigenvalue weighted by Gasteiger charge is -2.26. The van der Waals surface area contributed by atoms with Crippen LogP contribution in [0, 0.1) is 0 Å². The van der Waals surface area contributed by atoms with Crippen LogP contribution in [0.2, 0.25) is 0 Å². The molecule has 0 amide bonds. The Hall–Kier alpha value is -1.30. The molecule has 0 radical (unpaired) electrons. The van der Waals surface area contributed by atoms with Gasteiger partial charge in [0.1, 0.15) is 18.1 Å². The molecular weight excluding hydrogens is 258 g/mol.